The molecule has 0 radical (unpaired) electrons. The van der Waals surface area contributed by atoms with Gasteiger partial charge in [-0.1, -0.05) is 0 Å². The van der Waals surface area contributed by atoms with Crippen LogP contribution in [0.15, 0.2) is 6.33 Å². The van der Waals surface area contributed by atoms with E-state index < -0.39 is 23.6 Å². The van der Waals surface area contributed by atoms with Crippen molar-refractivity contribution in [1.82, 2.24) is 19.9 Å². The van der Waals surface area contributed by atoms with Crippen LogP contribution in [0.25, 0.3) is 11.2 Å². The number of aromatic amines is 1. The molecule has 0 unspecified atom stereocenters. The van der Waals surface area contributed by atoms with Gasteiger partial charge in [-0.25, -0.2) is 9.97 Å². The third-order valence-electron chi connectivity index (χ3n) is 1.56. The number of hydrogen-bond acceptors (Lipinski definition) is 7. The van der Waals surface area contributed by atoms with Crippen LogP contribution >= 0.6 is 7.60 Å². The van der Waals surface area contributed by atoms with E-state index in [1.165, 1.54) is 6.33 Å². The van der Waals surface area contributed by atoms with Crippen LogP contribution in [0.1, 0.15) is 0 Å². The number of nitrogens with two attached hydrogens (primary N) is 1. The average Bonchev–Trinajstić information content (AvgIpc) is 2.61. The highest BCUT2D eigenvalue weighted by Gasteiger charge is 2.23. The largest absolute Gasteiger partial charge is 0.394 e. The number of fused-ring (bicyclic) bond motifs is 1. The summed E-state index contributed by atoms with van der Waals surface area (Å²) in [6.45, 7) is 0. The first-order chi connectivity index (χ1) is 8.48. The number of nitrogen functional groups attached to an aromatic ring is 1. The SMILES string of the molecule is Nc1nc(P(=O)(O)O)nc2nc[nH]c12.O=S(=O)(O)O. The maximum absolute atomic E-state index is 10.8. The summed E-state index contributed by atoms with van der Waals surface area (Å²) in [6, 6.07) is 0. The Balaban J connectivity index is 0.000000312. The third-order valence-corrected chi connectivity index (χ3v) is 2.28. The van der Waals surface area contributed by atoms with Crippen molar-refractivity contribution in [3.8, 4) is 0 Å². The number of imidazole rings is 1. The summed E-state index contributed by atoms with van der Waals surface area (Å²) >= 11 is 0. The van der Waals surface area contributed by atoms with E-state index in [-0.39, 0.29) is 11.5 Å². The molecule has 0 saturated carbocycles. The van der Waals surface area contributed by atoms with Crippen LogP contribution < -0.4 is 11.3 Å². The molecule has 2 aromatic rings. The Morgan fingerprint density at radius 3 is 2.26 bits per heavy atom. The zero-order valence-corrected chi connectivity index (χ0v) is 10.6. The molecule has 0 fully saturated rings. The number of aromatic nitrogens is 4. The molecule has 0 aliphatic carbocycles. The van der Waals surface area contributed by atoms with Crippen molar-refractivity contribution < 1.29 is 31.9 Å². The zero-order chi connectivity index (χ0) is 14.8. The minimum absolute atomic E-state index is 0.0363. The Kier molecular flexibility index (Phi) is 4.19. The molecule has 0 aromatic carbocycles. The van der Waals surface area contributed by atoms with E-state index in [2.05, 4.69) is 19.9 Å². The molecule has 106 valence electrons. The second-order valence-electron chi connectivity index (χ2n) is 3.00. The minimum Gasteiger partial charge on any atom is -0.382 e. The molecule has 12 nitrogen and oxygen atoms in total. The van der Waals surface area contributed by atoms with Gasteiger partial charge in [0.15, 0.2) is 11.5 Å². The third kappa shape index (κ3) is 4.86. The lowest BCUT2D eigenvalue weighted by Crippen LogP contribution is -2.16. The Morgan fingerprint density at radius 1 is 1.26 bits per heavy atom. The molecule has 0 amide bonds. The maximum Gasteiger partial charge on any atom is 0.394 e. The van der Waals surface area contributed by atoms with Crippen molar-refractivity contribution >= 4 is 40.5 Å². The Morgan fingerprint density at radius 2 is 1.79 bits per heavy atom. The highest BCUT2D eigenvalue weighted by Crippen LogP contribution is 2.31. The van der Waals surface area contributed by atoms with E-state index in [0.29, 0.717) is 5.52 Å². The normalized spacial score (nSPS) is 12.0. The predicted octanol–water partition coefficient (Wildman–Crippen LogP) is -1.91. The number of anilines is 1. The smallest absolute Gasteiger partial charge is 0.382 e. The summed E-state index contributed by atoms with van der Waals surface area (Å²) in [5.41, 5.74) is 5.31. The fourth-order valence-corrected chi connectivity index (χ4v) is 1.44. The summed E-state index contributed by atoms with van der Waals surface area (Å²) in [4.78, 5) is 31.0. The van der Waals surface area contributed by atoms with Crippen molar-refractivity contribution in [1.29, 1.82) is 0 Å². The van der Waals surface area contributed by atoms with Crippen LogP contribution in [0.5, 0.6) is 0 Å². The van der Waals surface area contributed by atoms with Gasteiger partial charge in [-0.15, -0.1) is 0 Å². The van der Waals surface area contributed by atoms with E-state index in [4.69, 9.17) is 33.0 Å². The molecule has 0 atom stereocenters. The van der Waals surface area contributed by atoms with Gasteiger partial charge < -0.3 is 20.5 Å². The maximum atomic E-state index is 10.8. The summed E-state index contributed by atoms with van der Waals surface area (Å²) < 4.78 is 42.4. The molecule has 19 heavy (non-hydrogen) atoms. The number of hydrogen-bond donors (Lipinski definition) is 6. The molecule has 0 saturated heterocycles. The fraction of sp³-hybridized carbons (Fsp3) is 0. The van der Waals surface area contributed by atoms with Crippen LogP contribution in [0, 0.1) is 0 Å². The lowest BCUT2D eigenvalue weighted by Gasteiger charge is -2.02. The lowest BCUT2D eigenvalue weighted by atomic mass is 10.5. The molecule has 0 spiro atoms. The molecule has 2 aromatic heterocycles. The van der Waals surface area contributed by atoms with Crippen LogP contribution in [0.2, 0.25) is 0 Å². The monoisotopic (exact) mass is 313 g/mol. The van der Waals surface area contributed by atoms with Crippen molar-refractivity contribution in [2.24, 2.45) is 0 Å². The molecule has 0 aliphatic rings. The first-order valence-electron chi connectivity index (χ1n) is 4.21. The van der Waals surface area contributed by atoms with Gasteiger partial charge in [0.2, 0.25) is 5.57 Å². The Hall–Kier alpha value is -1.63. The van der Waals surface area contributed by atoms with Crippen LogP contribution in [0.4, 0.5) is 5.82 Å². The minimum atomic E-state index is -4.67. The van der Waals surface area contributed by atoms with Gasteiger partial charge >= 0.3 is 18.0 Å². The second-order valence-corrected chi connectivity index (χ2v) is 5.39. The highest BCUT2D eigenvalue weighted by atomic mass is 32.3. The van der Waals surface area contributed by atoms with E-state index in [9.17, 15) is 4.57 Å². The first kappa shape index (κ1) is 15.4. The van der Waals surface area contributed by atoms with Crippen LogP contribution in [-0.4, -0.2) is 47.2 Å². The van der Waals surface area contributed by atoms with E-state index in [1.54, 1.807) is 0 Å². The van der Waals surface area contributed by atoms with E-state index in [1.807, 2.05) is 0 Å². The zero-order valence-electron chi connectivity index (χ0n) is 8.87. The standard InChI is InChI=1S/C5H6N5O3P.H2O4S/c6-3-2-4(8-1-7-2)10-5(9-3)14(11,12)13;1-5(2,3)4/h1H,(H2,11,12,13)(H3,6,7,8,9,10);(H2,1,2,3,4). The van der Waals surface area contributed by atoms with Gasteiger partial charge in [0.1, 0.15) is 5.52 Å². The molecule has 0 bridgehead atoms. The van der Waals surface area contributed by atoms with Gasteiger partial charge in [-0.2, -0.15) is 13.4 Å². The number of nitrogens with one attached hydrogen (secondary N) is 1. The lowest BCUT2D eigenvalue weighted by molar-refractivity contribution is 0.379. The summed E-state index contributed by atoms with van der Waals surface area (Å²) in [5.74, 6) is -0.0363. The molecule has 2 rings (SSSR count). The van der Waals surface area contributed by atoms with Crippen molar-refractivity contribution in [2.75, 3.05) is 5.73 Å². The molecule has 14 heteroatoms. The van der Waals surface area contributed by atoms with Crippen molar-refractivity contribution in [2.45, 2.75) is 0 Å². The summed E-state index contributed by atoms with van der Waals surface area (Å²) in [5, 5.41) is 0. The molecular weight excluding hydrogens is 305 g/mol. The molecular formula is C5H8N5O7PS. The quantitative estimate of drug-likeness (QED) is 0.252. The number of H-pyrrole nitrogens is 1. The summed E-state index contributed by atoms with van der Waals surface area (Å²) in [6.07, 6.45) is 1.32. The van der Waals surface area contributed by atoms with Crippen molar-refractivity contribution in [3.63, 3.8) is 0 Å². The number of nitrogens with zero attached hydrogens (tertiary/aromatic N) is 3. The summed E-state index contributed by atoms with van der Waals surface area (Å²) in [7, 11) is -9.15. The second kappa shape index (κ2) is 5.16. The first-order valence-corrected chi connectivity index (χ1v) is 7.22. The number of rotatable bonds is 1. The molecule has 0 aliphatic heterocycles. The van der Waals surface area contributed by atoms with Gasteiger partial charge in [-0.3, -0.25) is 13.7 Å². The Labute approximate surface area is 105 Å². The average molecular weight is 313 g/mol. The fourth-order valence-electron chi connectivity index (χ4n) is 0.974. The molecule has 2 heterocycles. The van der Waals surface area contributed by atoms with E-state index >= 15 is 0 Å². The highest BCUT2D eigenvalue weighted by molar-refractivity contribution is 7.79. The van der Waals surface area contributed by atoms with Crippen LogP contribution in [0.3, 0.4) is 0 Å². The predicted molar refractivity (Wildman–Crippen MR) is 62.0 cm³/mol. The van der Waals surface area contributed by atoms with Crippen molar-refractivity contribution in [3.05, 3.63) is 6.33 Å². The van der Waals surface area contributed by atoms with Gasteiger partial charge in [0.05, 0.1) is 6.33 Å². The topological polar surface area (TPSA) is 213 Å². The van der Waals surface area contributed by atoms with Crippen LogP contribution in [-0.2, 0) is 15.0 Å². The van der Waals surface area contributed by atoms with Gasteiger partial charge in [0.25, 0.3) is 0 Å². The Bertz CT molecular complexity index is 727. The van der Waals surface area contributed by atoms with Gasteiger partial charge in [0, 0.05) is 0 Å². The van der Waals surface area contributed by atoms with Gasteiger partial charge in [-0.05, 0) is 0 Å². The van der Waals surface area contributed by atoms with E-state index in [0.717, 1.165) is 0 Å². The molecule has 7 N–H and O–H groups in total.